The molecule has 3 heteroatoms. The van der Waals surface area contributed by atoms with Crippen LogP contribution in [-0.2, 0) is 0 Å². The van der Waals surface area contributed by atoms with Crippen LogP contribution in [0.2, 0.25) is 0 Å². The lowest BCUT2D eigenvalue weighted by Crippen LogP contribution is -1.74. The van der Waals surface area contributed by atoms with Gasteiger partial charge in [-0.1, -0.05) is 66.4 Å². The van der Waals surface area contributed by atoms with Crippen LogP contribution in [-0.4, -0.2) is 10.7 Å². The fourth-order valence-corrected chi connectivity index (χ4v) is 2.43. The van der Waals surface area contributed by atoms with Crippen LogP contribution in [0.1, 0.15) is 5.56 Å². The molecule has 0 aliphatic rings. The molecule has 1 aromatic heterocycles. The minimum absolute atomic E-state index is 0.721. The summed E-state index contributed by atoms with van der Waals surface area (Å²) in [6, 6.07) is 18.1. The molecule has 1 heterocycles. The van der Waals surface area contributed by atoms with Crippen LogP contribution in [0.25, 0.3) is 17.2 Å². The molecule has 2 aromatic carbocycles. The average Bonchev–Trinajstić information content (AvgIpc) is 2.87. The summed E-state index contributed by atoms with van der Waals surface area (Å²) >= 11 is 1.60. The Balaban J connectivity index is 1.62. The summed E-state index contributed by atoms with van der Waals surface area (Å²) in [4.78, 5) is 4.42. The number of aromatic nitrogens is 1. The van der Waals surface area contributed by atoms with Crippen molar-refractivity contribution >= 4 is 28.9 Å². The summed E-state index contributed by atoms with van der Waals surface area (Å²) in [5, 5.41) is 0.721. The molecule has 3 aromatic rings. The Morgan fingerprint density at radius 1 is 1.00 bits per heavy atom. The van der Waals surface area contributed by atoms with Crippen LogP contribution in [0.15, 0.2) is 70.3 Å². The van der Waals surface area contributed by atoms with Crippen molar-refractivity contribution in [2.24, 2.45) is 0 Å². The lowest BCUT2D eigenvalue weighted by Gasteiger charge is -1.91. The third-order valence-corrected chi connectivity index (χ3v) is 3.47. The fourth-order valence-electron chi connectivity index (χ4n) is 1.78. The summed E-state index contributed by atoms with van der Waals surface area (Å²) in [5.74, 6) is 0.849. The summed E-state index contributed by atoms with van der Waals surface area (Å²) < 4.78 is 5.64. The maximum absolute atomic E-state index is 5.64. The number of para-hydroxylation sites is 2. The van der Waals surface area contributed by atoms with E-state index >= 15 is 0 Å². The summed E-state index contributed by atoms with van der Waals surface area (Å²) in [6.07, 6.45) is 4.23. The Morgan fingerprint density at radius 2 is 1.79 bits per heavy atom. The van der Waals surface area contributed by atoms with Gasteiger partial charge in [-0.2, -0.15) is 0 Å². The largest absolute Gasteiger partial charge is 0.431 e. The molecule has 0 saturated carbocycles. The Hall–Kier alpha value is -2.00. The molecule has 0 atom stereocenters. The highest BCUT2D eigenvalue weighted by molar-refractivity contribution is 7.99. The van der Waals surface area contributed by atoms with E-state index in [9.17, 15) is 0 Å². The Labute approximate surface area is 116 Å². The van der Waals surface area contributed by atoms with Gasteiger partial charge in [0, 0.05) is 5.75 Å². The van der Waals surface area contributed by atoms with Gasteiger partial charge < -0.3 is 4.42 Å². The van der Waals surface area contributed by atoms with E-state index in [1.165, 1.54) is 5.56 Å². The molecule has 0 aliphatic carbocycles. The van der Waals surface area contributed by atoms with Crippen LogP contribution < -0.4 is 0 Å². The van der Waals surface area contributed by atoms with Gasteiger partial charge in [0.1, 0.15) is 5.52 Å². The maximum Gasteiger partial charge on any atom is 0.257 e. The first-order valence-corrected chi connectivity index (χ1v) is 7.10. The first-order chi connectivity index (χ1) is 9.42. The minimum atomic E-state index is 0.721. The molecule has 3 rings (SSSR count). The highest BCUT2D eigenvalue weighted by Crippen LogP contribution is 2.23. The standard InChI is InChI=1S/C16H13NOS/c1-2-7-13(8-3-1)9-6-12-19-16-17-14-10-4-5-11-15(14)18-16/h1-11H,12H2. The molecule has 0 radical (unpaired) electrons. The zero-order valence-corrected chi connectivity index (χ0v) is 11.1. The summed E-state index contributed by atoms with van der Waals surface area (Å²) in [6.45, 7) is 0. The second kappa shape index (κ2) is 5.76. The molecule has 94 valence electrons. The predicted molar refractivity (Wildman–Crippen MR) is 80.2 cm³/mol. The normalized spacial score (nSPS) is 11.4. The van der Waals surface area contributed by atoms with E-state index in [4.69, 9.17) is 4.42 Å². The number of hydrogen-bond donors (Lipinski definition) is 0. The monoisotopic (exact) mass is 267 g/mol. The molecule has 0 fully saturated rings. The van der Waals surface area contributed by atoms with E-state index in [2.05, 4.69) is 29.3 Å². The lowest BCUT2D eigenvalue weighted by atomic mass is 10.2. The van der Waals surface area contributed by atoms with E-state index in [-0.39, 0.29) is 0 Å². The van der Waals surface area contributed by atoms with Crippen LogP contribution in [0.4, 0.5) is 0 Å². The van der Waals surface area contributed by atoms with Gasteiger partial charge in [0.25, 0.3) is 5.22 Å². The SMILES string of the molecule is C(=Cc1ccccc1)CSc1nc2ccccc2o1. The van der Waals surface area contributed by atoms with Crippen molar-refractivity contribution in [1.82, 2.24) is 4.98 Å². The average molecular weight is 267 g/mol. The number of thioether (sulfide) groups is 1. The van der Waals surface area contributed by atoms with Gasteiger partial charge in [0.2, 0.25) is 0 Å². The van der Waals surface area contributed by atoms with Crippen molar-refractivity contribution in [1.29, 1.82) is 0 Å². The maximum atomic E-state index is 5.64. The molecule has 0 amide bonds. The van der Waals surface area contributed by atoms with Gasteiger partial charge in [-0.05, 0) is 17.7 Å². The minimum Gasteiger partial charge on any atom is -0.431 e. The zero-order chi connectivity index (χ0) is 12.9. The Kier molecular flexibility index (Phi) is 3.65. The Bertz CT molecular complexity index is 655. The topological polar surface area (TPSA) is 26.0 Å². The third-order valence-electron chi connectivity index (χ3n) is 2.69. The van der Waals surface area contributed by atoms with Crippen LogP contribution in [0.5, 0.6) is 0 Å². The highest BCUT2D eigenvalue weighted by atomic mass is 32.2. The van der Waals surface area contributed by atoms with E-state index < -0.39 is 0 Å². The van der Waals surface area contributed by atoms with Gasteiger partial charge in [0.05, 0.1) is 0 Å². The van der Waals surface area contributed by atoms with E-state index in [0.717, 1.165) is 22.1 Å². The van der Waals surface area contributed by atoms with E-state index in [1.807, 2.05) is 42.5 Å². The lowest BCUT2D eigenvalue weighted by molar-refractivity contribution is 0.490. The molecular weight excluding hydrogens is 254 g/mol. The highest BCUT2D eigenvalue weighted by Gasteiger charge is 2.03. The smallest absolute Gasteiger partial charge is 0.257 e. The van der Waals surface area contributed by atoms with Crippen molar-refractivity contribution in [2.45, 2.75) is 5.22 Å². The van der Waals surface area contributed by atoms with Crippen molar-refractivity contribution in [3.63, 3.8) is 0 Å². The molecule has 19 heavy (non-hydrogen) atoms. The van der Waals surface area contributed by atoms with Crippen molar-refractivity contribution in [3.05, 3.63) is 66.2 Å². The molecule has 0 saturated heterocycles. The van der Waals surface area contributed by atoms with E-state index in [0.29, 0.717) is 0 Å². The quantitative estimate of drug-likeness (QED) is 0.644. The van der Waals surface area contributed by atoms with E-state index in [1.54, 1.807) is 11.8 Å². The number of benzene rings is 2. The van der Waals surface area contributed by atoms with Crippen LogP contribution in [0, 0.1) is 0 Å². The molecule has 0 unspecified atom stereocenters. The number of hydrogen-bond acceptors (Lipinski definition) is 3. The molecule has 2 nitrogen and oxygen atoms in total. The molecule has 0 bridgehead atoms. The number of fused-ring (bicyclic) bond motifs is 1. The van der Waals surface area contributed by atoms with Gasteiger partial charge in [-0.3, -0.25) is 0 Å². The fraction of sp³-hybridized carbons (Fsp3) is 0.0625. The first-order valence-electron chi connectivity index (χ1n) is 6.12. The first kappa shape index (κ1) is 12.1. The number of rotatable bonds is 4. The summed E-state index contributed by atoms with van der Waals surface area (Å²) in [5.41, 5.74) is 2.97. The molecule has 0 N–H and O–H groups in total. The molecule has 0 spiro atoms. The zero-order valence-electron chi connectivity index (χ0n) is 10.3. The van der Waals surface area contributed by atoms with Gasteiger partial charge in [-0.15, -0.1) is 0 Å². The molecular formula is C16H13NOS. The van der Waals surface area contributed by atoms with Gasteiger partial charge >= 0.3 is 0 Å². The van der Waals surface area contributed by atoms with Crippen LogP contribution in [0.3, 0.4) is 0 Å². The van der Waals surface area contributed by atoms with Gasteiger partial charge in [0.15, 0.2) is 5.58 Å². The summed E-state index contributed by atoms with van der Waals surface area (Å²) in [7, 11) is 0. The Morgan fingerprint density at radius 3 is 2.63 bits per heavy atom. The second-order valence-corrected chi connectivity index (χ2v) is 5.04. The molecule has 0 aliphatic heterocycles. The van der Waals surface area contributed by atoms with Crippen molar-refractivity contribution in [2.75, 3.05) is 5.75 Å². The van der Waals surface area contributed by atoms with Crippen molar-refractivity contribution in [3.8, 4) is 0 Å². The van der Waals surface area contributed by atoms with Crippen LogP contribution >= 0.6 is 11.8 Å². The predicted octanol–water partition coefficient (Wildman–Crippen LogP) is 4.63. The van der Waals surface area contributed by atoms with Gasteiger partial charge in [-0.25, -0.2) is 4.98 Å². The van der Waals surface area contributed by atoms with Crippen molar-refractivity contribution < 1.29 is 4.42 Å². The second-order valence-electron chi connectivity index (χ2n) is 4.07. The number of oxazole rings is 1. The number of nitrogens with zero attached hydrogens (tertiary/aromatic N) is 1. The third kappa shape index (κ3) is 3.06.